The highest BCUT2D eigenvalue weighted by molar-refractivity contribution is 9.10. The quantitative estimate of drug-likeness (QED) is 0.851. The summed E-state index contributed by atoms with van der Waals surface area (Å²) in [4.78, 5) is 14.8. The number of hydrogen-bond donors (Lipinski definition) is 2. The monoisotopic (exact) mass is 307 g/mol. The molecule has 0 aliphatic rings. The maximum Gasteiger partial charge on any atom is 0.250 e. The van der Waals surface area contributed by atoms with Crippen molar-refractivity contribution in [2.24, 2.45) is 5.73 Å². The number of aromatic nitrogens is 1. The Morgan fingerprint density at radius 2 is 2.06 bits per heavy atom. The van der Waals surface area contributed by atoms with Crippen molar-refractivity contribution < 1.29 is 9.53 Å². The highest BCUT2D eigenvalue weighted by Gasteiger charge is 2.05. The number of anilines is 1. The summed E-state index contributed by atoms with van der Waals surface area (Å²) >= 11 is 3.30. The summed E-state index contributed by atoms with van der Waals surface area (Å²) in [6.07, 6.45) is 1.35. The van der Waals surface area contributed by atoms with Gasteiger partial charge in [0.1, 0.15) is 0 Å². The lowest BCUT2D eigenvalue weighted by Crippen LogP contribution is -2.10. The van der Waals surface area contributed by atoms with Crippen LogP contribution in [0.5, 0.6) is 11.6 Å². The second-order valence-corrected chi connectivity index (χ2v) is 4.45. The fourth-order valence-electron chi connectivity index (χ4n) is 1.31. The Kier molecular flexibility index (Phi) is 3.47. The van der Waals surface area contributed by atoms with Gasteiger partial charge in [-0.1, -0.05) is 15.9 Å². The number of carbonyl (C=O) groups is 1. The number of ether oxygens (including phenoxy) is 1. The summed E-state index contributed by atoms with van der Waals surface area (Å²) in [5, 5.41) is 0. The van der Waals surface area contributed by atoms with Crippen molar-refractivity contribution >= 4 is 27.5 Å². The van der Waals surface area contributed by atoms with Crippen molar-refractivity contribution in [2.75, 3.05) is 5.73 Å². The number of nitrogens with two attached hydrogens (primary N) is 2. The van der Waals surface area contributed by atoms with Gasteiger partial charge in [0.25, 0.3) is 0 Å². The number of carbonyl (C=O) groups excluding carboxylic acids is 1. The van der Waals surface area contributed by atoms with E-state index in [1.54, 1.807) is 24.3 Å². The maximum atomic E-state index is 10.9. The zero-order valence-electron chi connectivity index (χ0n) is 9.26. The van der Waals surface area contributed by atoms with Crippen LogP contribution in [-0.2, 0) is 0 Å². The fourth-order valence-corrected chi connectivity index (χ4v) is 1.69. The molecule has 2 rings (SSSR count). The van der Waals surface area contributed by atoms with Gasteiger partial charge in [0, 0.05) is 16.7 Å². The molecule has 4 N–H and O–H groups in total. The topological polar surface area (TPSA) is 91.2 Å². The van der Waals surface area contributed by atoms with E-state index in [1.165, 1.54) is 6.20 Å². The summed E-state index contributed by atoms with van der Waals surface area (Å²) in [6, 6.07) is 8.36. The van der Waals surface area contributed by atoms with Gasteiger partial charge in [-0.3, -0.25) is 4.79 Å². The molecule has 0 aliphatic heterocycles. The van der Waals surface area contributed by atoms with E-state index in [0.717, 1.165) is 4.47 Å². The van der Waals surface area contributed by atoms with Crippen molar-refractivity contribution in [3.63, 3.8) is 0 Å². The molecule has 0 bridgehead atoms. The van der Waals surface area contributed by atoms with Crippen molar-refractivity contribution in [1.82, 2.24) is 4.98 Å². The molecule has 0 saturated heterocycles. The van der Waals surface area contributed by atoms with E-state index >= 15 is 0 Å². The third-order valence-electron chi connectivity index (χ3n) is 2.21. The molecular weight excluding hydrogens is 298 g/mol. The van der Waals surface area contributed by atoms with Gasteiger partial charge in [0.05, 0.1) is 11.3 Å². The first-order chi connectivity index (χ1) is 8.56. The zero-order chi connectivity index (χ0) is 13.1. The highest BCUT2D eigenvalue weighted by atomic mass is 79.9. The van der Waals surface area contributed by atoms with Crippen LogP contribution in [0.1, 0.15) is 10.4 Å². The standard InChI is InChI=1S/C12H10BrN3O2/c13-8-2-3-10(9(14)5-8)18-11-4-1-7(6-16-11)12(15)17/h1-6H,14H2,(H2,15,17). The number of nitrogen functional groups attached to an aromatic ring is 1. The number of rotatable bonds is 3. The lowest BCUT2D eigenvalue weighted by atomic mass is 10.3. The van der Waals surface area contributed by atoms with E-state index in [9.17, 15) is 4.79 Å². The minimum atomic E-state index is -0.530. The van der Waals surface area contributed by atoms with Gasteiger partial charge in [-0.05, 0) is 24.3 Å². The van der Waals surface area contributed by atoms with E-state index in [2.05, 4.69) is 20.9 Å². The van der Waals surface area contributed by atoms with E-state index in [4.69, 9.17) is 16.2 Å². The number of amides is 1. The van der Waals surface area contributed by atoms with Crippen LogP contribution < -0.4 is 16.2 Å². The summed E-state index contributed by atoms with van der Waals surface area (Å²) in [5.74, 6) is 0.309. The molecule has 92 valence electrons. The van der Waals surface area contributed by atoms with E-state index in [-0.39, 0.29) is 0 Å². The number of nitrogens with zero attached hydrogens (tertiary/aromatic N) is 1. The second kappa shape index (κ2) is 5.05. The number of primary amides is 1. The Balaban J connectivity index is 2.21. The molecule has 1 aromatic heterocycles. The summed E-state index contributed by atoms with van der Waals surface area (Å²) in [7, 11) is 0. The number of benzene rings is 1. The van der Waals surface area contributed by atoms with Gasteiger partial charge in [-0.15, -0.1) is 0 Å². The van der Waals surface area contributed by atoms with Crippen LogP contribution in [0.3, 0.4) is 0 Å². The molecule has 0 unspecified atom stereocenters. The van der Waals surface area contributed by atoms with Crippen LogP contribution in [-0.4, -0.2) is 10.9 Å². The first-order valence-corrected chi connectivity index (χ1v) is 5.84. The minimum Gasteiger partial charge on any atom is -0.437 e. The molecule has 0 fully saturated rings. The van der Waals surface area contributed by atoms with E-state index < -0.39 is 5.91 Å². The Morgan fingerprint density at radius 3 is 2.61 bits per heavy atom. The van der Waals surface area contributed by atoms with Gasteiger partial charge in [-0.25, -0.2) is 4.98 Å². The van der Waals surface area contributed by atoms with Gasteiger partial charge in [-0.2, -0.15) is 0 Å². The summed E-state index contributed by atoms with van der Waals surface area (Å²) < 4.78 is 6.35. The number of hydrogen-bond acceptors (Lipinski definition) is 4. The highest BCUT2D eigenvalue weighted by Crippen LogP contribution is 2.28. The summed E-state index contributed by atoms with van der Waals surface area (Å²) in [6.45, 7) is 0. The molecule has 1 heterocycles. The van der Waals surface area contributed by atoms with E-state index in [1.807, 2.05) is 6.07 Å². The molecule has 5 nitrogen and oxygen atoms in total. The Bertz CT molecular complexity index is 584. The predicted molar refractivity (Wildman–Crippen MR) is 71.4 cm³/mol. The maximum absolute atomic E-state index is 10.9. The largest absolute Gasteiger partial charge is 0.437 e. The van der Waals surface area contributed by atoms with E-state index in [0.29, 0.717) is 22.9 Å². The molecular formula is C12H10BrN3O2. The van der Waals surface area contributed by atoms with Crippen molar-refractivity contribution in [3.8, 4) is 11.6 Å². The van der Waals surface area contributed by atoms with Gasteiger partial charge >= 0.3 is 0 Å². The Hall–Kier alpha value is -2.08. The van der Waals surface area contributed by atoms with Crippen molar-refractivity contribution in [2.45, 2.75) is 0 Å². The predicted octanol–water partition coefficient (Wildman–Crippen LogP) is 2.32. The van der Waals surface area contributed by atoms with Crippen molar-refractivity contribution in [1.29, 1.82) is 0 Å². The fraction of sp³-hybridized carbons (Fsp3) is 0. The molecule has 0 saturated carbocycles. The van der Waals surface area contributed by atoms with Crippen LogP contribution in [0.25, 0.3) is 0 Å². The molecule has 0 spiro atoms. The molecule has 1 aromatic carbocycles. The van der Waals surface area contributed by atoms with Gasteiger partial charge in [0.2, 0.25) is 11.8 Å². The van der Waals surface area contributed by atoms with Crippen LogP contribution in [0.2, 0.25) is 0 Å². The van der Waals surface area contributed by atoms with Gasteiger partial charge in [0.15, 0.2) is 5.75 Å². The van der Waals surface area contributed by atoms with Crippen LogP contribution in [0.15, 0.2) is 41.0 Å². The van der Waals surface area contributed by atoms with Crippen molar-refractivity contribution in [3.05, 3.63) is 46.6 Å². The molecule has 0 atom stereocenters. The van der Waals surface area contributed by atoms with Gasteiger partial charge < -0.3 is 16.2 Å². The number of halogens is 1. The normalized spacial score (nSPS) is 10.1. The average molecular weight is 308 g/mol. The summed E-state index contributed by atoms with van der Waals surface area (Å²) in [5.41, 5.74) is 11.7. The molecule has 6 heteroatoms. The smallest absolute Gasteiger partial charge is 0.250 e. The lowest BCUT2D eigenvalue weighted by Gasteiger charge is -2.07. The SMILES string of the molecule is NC(=O)c1ccc(Oc2ccc(Br)cc2N)nc1. The van der Waals surface area contributed by atoms with Crippen LogP contribution >= 0.6 is 15.9 Å². The Labute approximate surface area is 112 Å². The second-order valence-electron chi connectivity index (χ2n) is 3.53. The Morgan fingerprint density at radius 1 is 1.28 bits per heavy atom. The van der Waals surface area contributed by atoms with Crippen LogP contribution in [0.4, 0.5) is 5.69 Å². The lowest BCUT2D eigenvalue weighted by molar-refractivity contribution is 0.1000. The molecule has 18 heavy (non-hydrogen) atoms. The minimum absolute atomic E-state index is 0.325. The average Bonchev–Trinajstić information content (AvgIpc) is 2.33. The van der Waals surface area contributed by atoms with Crippen LogP contribution in [0, 0.1) is 0 Å². The third kappa shape index (κ3) is 2.78. The first kappa shape index (κ1) is 12.4. The number of pyridine rings is 1. The molecule has 2 aromatic rings. The molecule has 1 amide bonds. The molecule has 0 radical (unpaired) electrons. The first-order valence-electron chi connectivity index (χ1n) is 5.05. The molecule has 0 aliphatic carbocycles. The zero-order valence-corrected chi connectivity index (χ0v) is 10.8. The third-order valence-corrected chi connectivity index (χ3v) is 2.70.